The van der Waals surface area contributed by atoms with Crippen molar-refractivity contribution in [3.05, 3.63) is 29.1 Å². The summed E-state index contributed by atoms with van der Waals surface area (Å²) in [7, 11) is 0. The summed E-state index contributed by atoms with van der Waals surface area (Å²) in [6.07, 6.45) is 9.39. The topological polar surface area (TPSA) is 26.3 Å². The van der Waals surface area contributed by atoms with Crippen LogP contribution in [0.3, 0.4) is 0 Å². The lowest BCUT2D eigenvalue weighted by atomic mass is 9.68. The Morgan fingerprint density at radius 1 is 0.968 bits per heavy atom. The molecule has 3 rings (SSSR count). The first-order valence-electron chi connectivity index (χ1n) is 12.2. The number of hydrogen-bond acceptors (Lipinski definition) is 2. The molecule has 2 nitrogen and oxygen atoms in total. The minimum Gasteiger partial charge on any atom is -0.491 e. The molecule has 2 aliphatic carbocycles. The molecule has 0 saturated heterocycles. The maximum atomic E-state index is 14.5. The van der Waals surface area contributed by atoms with Gasteiger partial charge in [0, 0.05) is 12.0 Å². The van der Waals surface area contributed by atoms with Gasteiger partial charge in [0.25, 0.3) is 6.43 Å². The van der Waals surface area contributed by atoms with E-state index in [1.807, 2.05) is 0 Å². The van der Waals surface area contributed by atoms with Crippen molar-refractivity contribution in [3.63, 3.8) is 0 Å². The van der Waals surface area contributed by atoms with Gasteiger partial charge in [0.05, 0.1) is 12.2 Å². The summed E-state index contributed by atoms with van der Waals surface area (Å²) in [5.74, 6) is 0.979. The molecule has 0 heterocycles. The van der Waals surface area contributed by atoms with Crippen molar-refractivity contribution in [1.82, 2.24) is 0 Å². The lowest BCUT2D eigenvalue weighted by molar-refractivity contribution is 0.0904. The fourth-order valence-electron chi connectivity index (χ4n) is 5.89. The van der Waals surface area contributed by atoms with Gasteiger partial charge in [0.2, 0.25) is 0 Å². The summed E-state index contributed by atoms with van der Waals surface area (Å²) in [6, 6.07) is 2.60. The van der Waals surface area contributed by atoms with E-state index < -0.39 is 17.8 Å². The molecule has 31 heavy (non-hydrogen) atoms. The van der Waals surface area contributed by atoms with E-state index in [1.54, 1.807) is 6.92 Å². The molecule has 2 fully saturated rings. The molecular formula is C26H37F3O2. The molecule has 0 amide bonds. The minimum absolute atomic E-state index is 0.177. The number of hydrogen-bond donors (Lipinski definition) is 0. The van der Waals surface area contributed by atoms with Gasteiger partial charge in [-0.1, -0.05) is 32.6 Å². The molecule has 0 bridgehead atoms. The highest BCUT2D eigenvalue weighted by atomic mass is 19.3. The molecule has 0 spiro atoms. The van der Waals surface area contributed by atoms with Gasteiger partial charge < -0.3 is 4.74 Å². The second kappa shape index (κ2) is 11.4. The smallest absolute Gasteiger partial charge is 0.267 e. The number of benzene rings is 1. The zero-order valence-corrected chi connectivity index (χ0v) is 19.0. The molecule has 2 aliphatic rings. The third kappa shape index (κ3) is 6.04. The van der Waals surface area contributed by atoms with Gasteiger partial charge in [-0.3, -0.25) is 4.79 Å². The molecule has 0 unspecified atom stereocenters. The molecule has 0 aliphatic heterocycles. The molecule has 0 atom stereocenters. The third-order valence-electron chi connectivity index (χ3n) is 7.58. The highest BCUT2D eigenvalue weighted by molar-refractivity contribution is 5.98. The molecule has 2 saturated carbocycles. The fourth-order valence-corrected chi connectivity index (χ4v) is 5.89. The molecule has 1 aromatic rings. The van der Waals surface area contributed by atoms with E-state index >= 15 is 0 Å². The zero-order valence-electron chi connectivity index (χ0n) is 19.0. The predicted octanol–water partition coefficient (Wildman–Crippen LogP) is 8.15. The van der Waals surface area contributed by atoms with Gasteiger partial charge >= 0.3 is 0 Å². The first kappa shape index (κ1) is 24.1. The van der Waals surface area contributed by atoms with Gasteiger partial charge in [-0.05, 0) is 81.3 Å². The second-order valence-electron chi connectivity index (χ2n) is 9.55. The van der Waals surface area contributed by atoms with Crippen molar-refractivity contribution >= 4 is 5.78 Å². The first-order chi connectivity index (χ1) is 14.9. The molecular weight excluding hydrogens is 401 g/mol. The molecule has 5 heteroatoms. The summed E-state index contributed by atoms with van der Waals surface area (Å²) < 4.78 is 46.6. The van der Waals surface area contributed by atoms with Crippen LogP contribution in [0.1, 0.15) is 107 Å². The summed E-state index contributed by atoms with van der Waals surface area (Å²) in [4.78, 5) is 12.8. The van der Waals surface area contributed by atoms with Crippen LogP contribution in [0.15, 0.2) is 12.1 Å². The standard InChI is InChI=1S/C26H37F3O2/c1-3-5-17-6-10-19(11-7-17)20-12-8-18(9-13-20)16-22(30)21-14-15-23(31-4-2)25(27)24(21)26(28)29/h14-15,17-20,26H,3-13,16H2,1-2H3. The number of Topliss-reactive ketones (excluding diaryl/α,β-unsaturated/α-hetero) is 1. The Bertz CT molecular complexity index is 718. The van der Waals surface area contributed by atoms with Crippen molar-refractivity contribution in [2.75, 3.05) is 6.61 Å². The summed E-state index contributed by atoms with van der Waals surface area (Å²) in [5.41, 5.74) is -0.999. The summed E-state index contributed by atoms with van der Waals surface area (Å²) in [6.45, 7) is 4.10. The quantitative estimate of drug-likeness (QED) is 0.364. The summed E-state index contributed by atoms with van der Waals surface area (Å²) in [5, 5.41) is 0. The van der Waals surface area contributed by atoms with E-state index in [0.29, 0.717) is 0 Å². The Kier molecular flexibility index (Phi) is 8.85. The fraction of sp³-hybridized carbons (Fsp3) is 0.731. The third-order valence-corrected chi connectivity index (χ3v) is 7.58. The first-order valence-corrected chi connectivity index (χ1v) is 12.2. The van der Waals surface area contributed by atoms with E-state index in [9.17, 15) is 18.0 Å². The van der Waals surface area contributed by atoms with Crippen LogP contribution < -0.4 is 4.74 Å². The van der Waals surface area contributed by atoms with E-state index in [-0.39, 0.29) is 36.0 Å². The molecule has 174 valence electrons. The van der Waals surface area contributed by atoms with Gasteiger partial charge in [0.15, 0.2) is 17.3 Å². The number of carbonyl (C=O) groups excluding carboxylic acids is 1. The van der Waals surface area contributed by atoms with Crippen molar-refractivity contribution in [2.45, 2.75) is 90.9 Å². The molecule has 0 radical (unpaired) electrons. The lowest BCUT2D eigenvalue weighted by Crippen LogP contribution is -2.26. The van der Waals surface area contributed by atoms with Gasteiger partial charge in [-0.25, -0.2) is 13.2 Å². The Labute approximate surface area is 184 Å². The highest BCUT2D eigenvalue weighted by Gasteiger charge is 2.32. The maximum absolute atomic E-state index is 14.5. The van der Waals surface area contributed by atoms with Crippen molar-refractivity contribution < 1.29 is 22.7 Å². The second-order valence-corrected chi connectivity index (χ2v) is 9.55. The van der Waals surface area contributed by atoms with Crippen molar-refractivity contribution in [2.24, 2.45) is 23.7 Å². The van der Waals surface area contributed by atoms with E-state index in [0.717, 1.165) is 43.4 Å². The van der Waals surface area contributed by atoms with Crippen LogP contribution in [-0.2, 0) is 0 Å². The number of halogens is 3. The number of ether oxygens (including phenoxy) is 1. The van der Waals surface area contributed by atoms with Crippen LogP contribution in [0.25, 0.3) is 0 Å². The van der Waals surface area contributed by atoms with Crippen LogP contribution in [-0.4, -0.2) is 12.4 Å². The van der Waals surface area contributed by atoms with E-state index in [2.05, 4.69) is 6.92 Å². The average molecular weight is 439 g/mol. The van der Waals surface area contributed by atoms with Gasteiger partial charge in [-0.15, -0.1) is 0 Å². The Morgan fingerprint density at radius 3 is 2.06 bits per heavy atom. The highest BCUT2D eigenvalue weighted by Crippen LogP contribution is 2.43. The Morgan fingerprint density at radius 2 is 1.55 bits per heavy atom. The van der Waals surface area contributed by atoms with Crippen molar-refractivity contribution in [3.8, 4) is 5.75 Å². The largest absolute Gasteiger partial charge is 0.491 e. The van der Waals surface area contributed by atoms with Gasteiger partial charge in [0.1, 0.15) is 0 Å². The maximum Gasteiger partial charge on any atom is 0.267 e. The average Bonchev–Trinajstić information content (AvgIpc) is 2.76. The van der Waals surface area contributed by atoms with Crippen LogP contribution in [0.2, 0.25) is 0 Å². The van der Waals surface area contributed by atoms with Crippen LogP contribution in [0.5, 0.6) is 5.75 Å². The zero-order chi connectivity index (χ0) is 22.4. The molecule has 0 aromatic heterocycles. The Hall–Kier alpha value is -1.52. The van der Waals surface area contributed by atoms with Crippen LogP contribution in [0.4, 0.5) is 13.2 Å². The Balaban J connectivity index is 1.55. The predicted molar refractivity (Wildman–Crippen MR) is 117 cm³/mol. The monoisotopic (exact) mass is 438 g/mol. The number of ketones is 1. The van der Waals surface area contributed by atoms with Crippen LogP contribution >= 0.6 is 0 Å². The van der Waals surface area contributed by atoms with Gasteiger partial charge in [-0.2, -0.15) is 0 Å². The number of alkyl halides is 2. The SMILES string of the molecule is CCCC1CCC(C2CCC(CC(=O)c3ccc(OCC)c(F)c3C(F)F)CC2)CC1. The number of carbonyl (C=O) groups is 1. The van der Waals surface area contributed by atoms with Crippen LogP contribution in [0, 0.1) is 29.5 Å². The van der Waals surface area contributed by atoms with Crippen molar-refractivity contribution in [1.29, 1.82) is 0 Å². The number of rotatable bonds is 9. The normalized spacial score (nSPS) is 26.8. The molecule has 1 aromatic carbocycles. The summed E-state index contributed by atoms with van der Waals surface area (Å²) >= 11 is 0. The van der Waals surface area contributed by atoms with E-state index in [1.165, 1.54) is 50.7 Å². The molecule has 0 N–H and O–H groups in total. The van der Waals surface area contributed by atoms with E-state index in [4.69, 9.17) is 4.74 Å². The lowest BCUT2D eigenvalue weighted by Gasteiger charge is -2.37. The minimum atomic E-state index is -3.04.